The maximum Gasteiger partial charge on any atom is 0.219 e. The van der Waals surface area contributed by atoms with Crippen LogP contribution in [0.1, 0.15) is 25.3 Å². The number of piperidine rings is 1. The number of likely N-dealkylation sites (tertiary alicyclic amines) is 1. The molecule has 0 radical (unpaired) electrons. The van der Waals surface area contributed by atoms with E-state index in [1.807, 2.05) is 23.1 Å². The second-order valence-electron chi connectivity index (χ2n) is 5.98. The highest BCUT2D eigenvalue weighted by atomic mass is 16.2. The van der Waals surface area contributed by atoms with Crippen LogP contribution < -0.4 is 5.73 Å². The lowest BCUT2D eigenvalue weighted by atomic mass is 9.86. The van der Waals surface area contributed by atoms with E-state index < -0.39 is 0 Å². The van der Waals surface area contributed by atoms with Gasteiger partial charge in [0.05, 0.1) is 12.1 Å². The van der Waals surface area contributed by atoms with Gasteiger partial charge in [-0.25, -0.2) is 0 Å². The fraction of sp³-hybridized carbons (Fsp3) is 0.500. The van der Waals surface area contributed by atoms with E-state index in [0.717, 1.165) is 39.0 Å². The van der Waals surface area contributed by atoms with Crippen molar-refractivity contribution < 1.29 is 4.79 Å². The molecule has 21 heavy (non-hydrogen) atoms. The molecule has 2 heterocycles. The number of hydrogen-bond donors (Lipinski definition) is 1. The van der Waals surface area contributed by atoms with Crippen LogP contribution in [0.5, 0.6) is 0 Å². The molecule has 1 aromatic carbocycles. The number of nitrogens with zero attached hydrogens (tertiary/aromatic N) is 3. The van der Waals surface area contributed by atoms with Crippen molar-refractivity contribution in [2.24, 2.45) is 10.7 Å². The number of benzene rings is 1. The molecule has 0 atom stereocenters. The molecule has 5 heteroatoms. The van der Waals surface area contributed by atoms with Gasteiger partial charge in [0.25, 0.3) is 0 Å². The predicted octanol–water partition coefficient (Wildman–Crippen LogP) is 1.20. The summed E-state index contributed by atoms with van der Waals surface area (Å²) in [5, 5.41) is 0. The highest BCUT2D eigenvalue weighted by Crippen LogP contribution is 2.34. The molecule has 0 bridgehead atoms. The normalized spacial score (nSPS) is 20.7. The first-order valence-electron chi connectivity index (χ1n) is 7.48. The highest BCUT2D eigenvalue weighted by molar-refractivity contribution is 5.81. The van der Waals surface area contributed by atoms with Gasteiger partial charge in [0.15, 0.2) is 5.96 Å². The average molecular weight is 286 g/mol. The van der Waals surface area contributed by atoms with E-state index in [-0.39, 0.29) is 11.4 Å². The van der Waals surface area contributed by atoms with Crippen LogP contribution in [0, 0.1) is 0 Å². The number of carbonyl (C=O) groups is 1. The maximum atomic E-state index is 11.5. The largest absolute Gasteiger partial charge is 0.370 e. The van der Waals surface area contributed by atoms with Crippen molar-refractivity contribution >= 4 is 11.9 Å². The van der Waals surface area contributed by atoms with Crippen molar-refractivity contribution in [2.75, 3.05) is 19.6 Å². The number of aliphatic imine (C=N–C) groups is 1. The SMILES string of the molecule is CC(=O)N1CCC2(CC1)CN=C(N)N2Cc1ccccc1. The molecule has 112 valence electrons. The summed E-state index contributed by atoms with van der Waals surface area (Å²) >= 11 is 0. The molecule has 2 N–H and O–H groups in total. The lowest BCUT2D eigenvalue weighted by Gasteiger charge is -2.45. The molecule has 1 amide bonds. The van der Waals surface area contributed by atoms with Gasteiger partial charge in [-0.2, -0.15) is 0 Å². The number of carbonyl (C=O) groups excluding carboxylic acids is 1. The van der Waals surface area contributed by atoms with E-state index in [4.69, 9.17) is 5.73 Å². The molecule has 5 nitrogen and oxygen atoms in total. The molecule has 0 unspecified atom stereocenters. The molecule has 1 spiro atoms. The van der Waals surface area contributed by atoms with Gasteiger partial charge in [0.1, 0.15) is 0 Å². The zero-order valence-electron chi connectivity index (χ0n) is 12.5. The van der Waals surface area contributed by atoms with Gasteiger partial charge in [-0.1, -0.05) is 30.3 Å². The summed E-state index contributed by atoms with van der Waals surface area (Å²) in [5.74, 6) is 0.793. The number of amides is 1. The van der Waals surface area contributed by atoms with Crippen molar-refractivity contribution in [3.63, 3.8) is 0 Å². The third-order valence-corrected chi connectivity index (χ3v) is 4.71. The summed E-state index contributed by atoms with van der Waals surface area (Å²) in [6, 6.07) is 10.3. The summed E-state index contributed by atoms with van der Waals surface area (Å²) < 4.78 is 0. The summed E-state index contributed by atoms with van der Waals surface area (Å²) in [6.45, 7) is 4.76. The standard InChI is InChI=1S/C16H22N4O/c1-13(21)19-9-7-16(8-10-19)12-18-15(17)20(16)11-14-5-3-2-4-6-14/h2-6H,7-12H2,1H3,(H2,17,18). The number of guanidine groups is 1. The lowest BCUT2D eigenvalue weighted by Crippen LogP contribution is -2.57. The summed E-state index contributed by atoms with van der Waals surface area (Å²) in [4.78, 5) is 20.1. The lowest BCUT2D eigenvalue weighted by molar-refractivity contribution is -0.131. The fourth-order valence-corrected chi connectivity index (χ4v) is 3.32. The van der Waals surface area contributed by atoms with Crippen LogP contribution in [-0.4, -0.2) is 46.8 Å². The minimum absolute atomic E-state index is 0.00806. The average Bonchev–Trinajstić information content (AvgIpc) is 2.78. The second kappa shape index (κ2) is 5.39. The first-order chi connectivity index (χ1) is 10.1. The molecule has 2 aliphatic heterocycles. The van der Waals surface area contributed by atoms with Gasteiger partial charge in [-0.15, -0.1) is 0 Å². The molecular weight excluding hydrogens is 264 g/mol. The Morgan fingerprint density at radius 2 is 1.95 bits per heavy atom. The summed E-state index contributed by atoms with van der Waals surface area (Å²) in [5.41, 5.74) is 7.36. The van der Waals surface area contributed by atoms with Crippen LogP contribution in [0.15, 0.2) is 35.3 Å². The first kappa shape index (κ1) is 13.9. The smallest absolute Gasteiger partial charge is 0.219 e. The van der Waals surface area contributed by atoms with Crippen molar-refractivity contribution in [3.05, 3.63) is 35.9 Å². The molecule has 3 rings (SSSR count). The van der Waals surface area contributed by atoms with Crippen LogP contribution in [0.2, 0.25) is 0 Å². The molecule has 1 fully saturated rings. The van der Waals surface area contributed by atoms with E-state index in [1.165, 1.54) is 5.56 Å². The molecular formula is C16H22N4O. The minimum Gasteiger partial charge on any atom is -0.370 e. The maximum absolute atomic E-state index is 11.5. The van der Waals surface area contributed by atoms with Crippen LogP contribution >= 0.6 is 0 Å². The quantitative estimate of drug-likeness (QED) is 0.888. The Kier molecular flexibility index (Phi) is 3.57. The van der Waals surface area contributed by atoms with Gasteiger partial charge in [-0.3, -0.25) is 9.79 Å². The Morgan fingerprint density at radius 1 is 1.29 bits per heavy atom. The molecule has 0 saturated carbocycles. The number of nitrogens with two attached hydrogens (primary N) is 1. The topological polar surface area (TPSA) is 61.9 Å². The third-order valence-electron chi connectivity index (χ3n) is 4.71. The van der Waals surface area contributed by atoms with Gasteiger partial charge in [0, 0.05) is 26.6 Å². The monoisotopic (exact) mass is 286 g/mol. The Hall–Kier alpha value is -2.04. The van der Waals surface area contributed by atoms with E-state index in [9.17, 15) is 4.79 Å². The van der Waals surface area contributed by atoms with Gasteiger partial charge in [0.2, 0.25) is 5.91 Å². The first-order valence-corrected chi connectivity index (χ1v) is 7.48. The van der Waals surface area contributed by atoms with Gasteiger partial charge < -0.3 is 15.5 Å². The predicted molar refractivity (Wildman–Crippen MR) is 82.7 cm³/mol. The fourth-order valence-electron chi connectivity index (χ4n) is 3.32. The molecule has 0 aliphatic carbocycles. The molecule has 2 aliphatic rings. The van der Waals surface area contributed by atoms with Crippen molar-refractivity contribution in [1.29, 1.82) is 0 Å². The molecule has 0 aromatic heterocycles. The highest BCUT2D eigenvalue weighted by Gasteiger charge is 2.44. The molecule has 1 saturated heterocycles. The van der Waals surface area contributed by atoms with E-state index >= 15 is 0 Å². The number of rotatable bonds is 2. The van der Waals surface area contributed by atoms with Crippen LogP contribution in [0.25, 0.3) is 0 Å². The summed E-state index contributed by atoms with van der Waals surface area (Å²) in [6.07, 6.45) is 1.87. The molecule has 1 aromatic rings. The Morgan fingerprint density at radius 3 is 2.57 bits per heavy atom. The van der Waals surface area contributed by atoms with Crippen molar-refractivity contribution in [3.8, 4) is 0 Å². The van der Waals surface area contributed by atoms with Crippen molar-refractivity contribution in [2.45, 2.75) is 31.8 Å². The Balaban J connectivity index is 1.75. The van der Waals surface area contributed by atoms with E-state index in [2.05, 4.69) is 22.0 Å². The minimum atomic E-state index is -0.00806. The third kappa shape index (κ3) is 2.60. The second-order valence-corrected chi connectivity index (χ2v) is 5.98. The van der Waals surface area contributed by atoms with Crippen molar-refractivity contribution in [1.82, 2.24) is 9.80 Å². The van der Waals surface area contributed by atoms with Crippen LogP contribution in [-0.2, 0) is 11.3 Å². The number of hydrogen-bond acceptors (Lipinski definition) is 4. The van der Waals surface area contributed by atoms with E-state index in [0.29, 0.717) is 5.96 Å². The van der Waals surface area contributed by atoms with Gasteiger partial charge >= 0.3 is 0 Å². The van der Waals surface area contributed by atoms with E-state index in [1.54, 1.807) is 6.92 Å². The zero-order valence-corrected chi connectivity index (χ0v) is 12.5. The Labute approximate surface area is 125 Å². The Bertz CT molecular complexity index is 547. The zero-order chi connectivity index (χ0) is 14.9. The van der Waals surface area contributed by atoms with Crippen LogP contribution in [0.3, 0.4) is 0 Å². The van der Waals surface area contributed by atoms with Gasteiger partial charge in [-0.05, 0) is 18.4 Å². The summed E-state index contributed by atoms with van der Waals surface area (Å²) in [7, 11) is 0. The van der Waals surface area contributed by atoms with Crippen LogP contribution in [0.4, 0.5) is 0 Å².